The van der Waals surface area contributed by atoms with Crippen molar-refractivity contribution in [2.24, 2.45) is 5.92 Å². The van der Waals surface area contributed by atoms with Crippen molar-refractivity contribution in [3.8, 4) is 0 Å². The van der Waals surface area contributed by atoms with E-state index in [0.29, 0.717) is 13.2 Å². The highest BCUT2D eigenvalue weighted by molar-refractivity contribution is 7.82. The first-order valence-electron chi connectivity index (χ1n) is 10.6. The molecule has 3 N–H and O–H groups in total. The molecule has 12 nitrogen and oxygen atoms in total. The van der Waals surface area contributed by atoms with E-state index in [4.69, 9.17) is 23.7 Å². The number of nitrogens with zero attached hydrogens (tertiary/aromatic N) is 1. The molecule has 0 aliphatic carbocycles. The molecular weight excluding hydrogens is 448 g/mol. The first-order valence-corrected chi connectivity index (χ1v) is 12.1. The number of fused-ring (bicyclic) bond motifs is 2. The second kappa shape index (κ2) is 11.4. The predicted molar refractivity (Wildman–Crippen MR) is 110 cm³/mol. The molecule has 3 aliphatic heterocycles. The summed E-state index contributed by atoms with van der Waals surface area (Å²) >= 11 is 0. The van der Waals surface area contributed by atoms with Gasteiger partial charge in [-0.05, 0) is 0 Å². The maximum absolute atomic E-state index is 11.8. The first kappa shape index (κ1) is 25.6. The molecule has 2 unspecified atom stereocenters. The number of ether oxygens (including phenoxy) is 5. The van der Waals surface area contributed by atoms with Crippen molar-refractivity contribution in [3.63, 3.8) is 0 Å². The molecule has 3 heterocycles. The largest absolute Gasteiger partial charge is 0.388 e. The van der Waals surface area contributed by atoms with Crippen molar-refractivity contribution in [2.45, 2.75) is 43.5 Å². The van der Waals surface area contributed by atoms with Crippen molar-refractivity contribution in [3.05, 3.63) is 0 Å². The summed E-state index contributed by atoms with van der Waals surface area (Å²) in [6, 6.07) is -0.806. The normalized spacial score (nSPS) is 35.6. The summed E-state index contributed by atoms with van der Waals surface area (Å²) < 4.78 is 41.7. The summed E-state index contributed by atoms with van der Waals surface area (Å²) in [5, 5.41) is 20.8. The minimum Gasteiger partial charge on any atom is -0.388 e. The summed E-state index contributed by atoms with van der Waals surface area (Å²) in [6.45, 7) is 3.42. The van der Waals surface area contributed by atoms with Crippen molar-refractivity contribution in [2.75, 3.05) is 59.0 Å². The SMILES string of the molecule is CC1CC(=O)N(CCOCCOCCOC[C@@]23CO[C@@H](O2)[C@H](NS(C)=O)[C@@H](O)[C@H]3O)C1=O. The first-order chi connectivity index (χ1) is 15.2. The maximum atomic E-state index is 11.8. The van der Waals surface area contributed by atoms with Crippen LogP contribution < -0.4 is 4.72 Å². The van der Waals surface area contributed by atoms with Crippen molar-refractivity contribution >= 4 is 22.8 Å². The molecule has 0 aromatic rings. The lowest BCUT2D eigenvalue weighted by Gasteiger charge is -2.42. The van der Waals surface area contributed by atoms with Crippen molar-refractivity contribution in [1.29, 1.82) is 0 Å². The summed E-state index contributed by atoms with van der Waals surface area (Å²) in [4.78, 5) is 24.7. The van der Waals surface area contributed by atoms with E-state index in [9.17, 15) is 24.0 Å². The van der Waals surface area contributed by atoms with Gasteiger partial charge < -0.3 is 33.9 Å². The highest BCUT2D eigenvalue weighted by Gasteiger charge is 2.59. The maximum Gasteiger partial charge on any atom is 0.232 e. The molecule has 7 atom stereocenters. The van der Waals surface area contributed by atoms with Gasteiger partial charge in [-0.25, -0.2) is 8.93 Å². The van der Waals surface area contributed by atoms with Crippen LogP contribution in [-0.2, 0) is 44.3 Å². The van der Waals surface area contributed by atoms with E-state index in [1.165, 1.54) is 11.2 Å². The van der Waals surface area contributed by atoms with E-state index in [1.807, 2.05) is 0 Å². The summed E-state index contributed by atoms with van der Waals surface area (Å²) in [5.41, 5.74) is -1.19. The Labute approximate surface area is 189 Å². The van der Waals surface area contributed by atoms with Gasteiger partial charge in [0, 0.05) is 18.6 Å². The van der Waals surface area contributed by atoms with Crippen LogP contribution in [0.3, 0.4) is 0 Å². The Bertz CT molecular complexity index is 697. The van der Waals surface area contributed by atoms with E-state index in [1.54, 1.807) is 6.92 Å². The third-order valence-electron chi connectivity index (χ3n) is 5.69. The van der Waals surface area contributed by atoms with Gasteiger partial charge in [-0.1, -0.05) is 6.92 Å². The zero-order valence-electron chi connectivity index (χ0n) is 18.3. The Hall–Kier alpha value is -1.03. The molecule has 184 valence electrons. The van der Waals surface area contributed by atoms with Gasteiger partial charge in [-0.2, -0.15) is 0 Å². The lowest BCUT2D eigenvalue weighted by atomic mass is 9.89. The number of rotatable bonds is 13. The summed E-state index contributed by atoms with van der Waals surface area (Å²) in [7, 11) is -1.41. The Kier molecular flexibility index (Phi) is 9.12. The quantitative estimate of drug-likeness (QED) is 0.191. The number of hydrogen-bond donors (Lipinski definition) is 3. The van der Waals surface area contributed by atoms with Crippen LogP contribution in [0.25, 0.3) is 0 Å². The minimum atomic E-state index is -1.41. The van der Waals surface area contributed by atoms with Crippen LogP contribution in [0.1, 0.15) is 13.3 Å². The monoisotopic (exact) mass is 480 g/mol. The zero-order chi connectivity index (χ0) is 23.3. The predicted octanol–water partition coefficient (Wildman–Crippen LogP) is -2.47. The molecule has 0 aromatic heterocycles. The molecule has 0 aromatic carbocycles. The van der Waals surface area contributed by atoms with Gasteiger partial charge in [0.25, 0.3) is 0 Å². The van der Waals surface area contributed by atoms with E-state index < -0.39 is 41.1 Å². The minimum absolute atomic E-state index is 0.000163. The number of amides is 2. The number of aliphatic hydroxyl groups excluding tert-OH is 2. The van der Waals surface area contributed by atoms with Crippen LogP contribution in [0.2, 0.25) is 0 Å². The Morgan fingerprint density at radius 1 is 1.16 bits per heavy atom. The van der Waals surface area contributed by atoms with Crippen LogP contribution in [-0.4, -0.2) is 120 Å². The Morgan fingerprint density at radius 2 is 1.81 bits per heavy atom. The molecule has 0 saturated carbocycles. The number of imide groups is 1. The third-order valence-corrected chi connectivity index (χ3v) is 6.29. The number of carbonyl (C=O) groups excluding carboxylic acids is 2. The van der Waals surface area contributed by atoms with Crippen LogP contribution in [0.4, 0.5) is 0 Å². The van der Waals surface area contributed by atoms with Gasteiger partial charge in [0.05, 0.1) is 69.8 Å². The van der Waals surface area contributed by atoms with Gasteiger partial charge >= 0.3 is 0 Å². The van der Waals surface area contributed by atoms with Crippen LogP contribution in [0.15, 0.2) is 0 Å². The second-order valence-electron chi connectivity index (χ2n) is 8.16. The average Bonchev–Trinajstić information content (AvgIpc) is 3.25. The molecule has 3 rings (SSSR count). The van der Waals surface area contributed by atoms with Gasteiger partial charge in [0.15, 0.2) is 6.29 Å². The second-order valence-corrected chi connectivity index (χ2v) is 9.31. The van der Waals surface area contributed by atoms with Gasteiger partial charge in [-0.15, -0.1) is 0 Å². The highest BCUT2D eigenvalue weighted by Crippen LogP contribution is 2.37. The third kappa shape index (κ3) is 5.90. The molecule has 32 heavy (non-hydrogen) atoms. The number of carbonyl (C=O) groups is 2. The smallest absolute Gasteiger partial charge is 0.232 e. The van der Waals surface area contributed by atoms with Crippen LogP contribution in [0.5, 0.6) is 0 Å². The topological polar surface area (TPSA) is 153 Å². The van der Waals surface area contributed by atoms with Gasteiger partial charge in [0.1, 0.15) is 17.8 Å². The van der Waals surface area contributed by atoms with Gasteiger partial charge in [-0.3, -0.25) is 14.5 Å². The Morgan fingerprint density at radius 3 is 2.44 bits per heavy atom. The zero-order valence-corrected chi connectivity index (χ0v) is 19.1. The van der Waals surface area contributed by atoms with Crippen molar-refractivity contribution < 1.29 is 47.7 Å². The van der Waals surface area contributed by atoms with Crippen molar-refractivity contribution in [1.82, 2.24) is 9.62 Å². The van der Waals surface area contributed by atoms with E-state index >= 15 is 0 Å². The standard InChI is InChI=1S/C19H32N2O10S/c1-12-9-13(22)21(17(12)25)3-4-27-5-6-28-7-8-29-10-19-11-30-18(31-19)14(20-32(2)26)15(23)16(19)24/h12,14-16,18,20,23-24H,3-11H2,1-2H3/t12?,14-,15-,16-,18+,19+,32?/m1/s1. The Balaban J connectivity index is 1.25. The highest BCUT2D eigenvalue weighted by atomic mass is 32.2. The lowest BCUT2D eigenvalue weighted by Crippen LogP contribution is -2.66. The van der Waals surface area contributed by atoms with Crippen LogP contribution in [0, 0.1) is 5.92 Å². The van der Waals surface area contributed by atoms with E-state index in [0.717, 1.165) is 0 Å². The summed E-state index contributed by atoms with van der Waals surface area (Å²) in [5.74, 6) is -0.572. The molecule has 3 saturated heterocycles. The molecule has 13 heteroatoms. The van der Waals surface area contributed by atoms with Gasteiger partial charge in [0.2, 0.25) is 11.8 Å². The molecule has 3 fully saturated rings. The number of hydrogen-bond acceptors (Lipinski definition) is 10. The fraction of sp³-hybridized carbons (Fsp3) is 0.895. The van der Waals surface area contributed by atoms with E-state index in [2.05, 4.69) is 4.72 Å². The van der Waals surface area contributed by atoms with E-state index in [-0.39, 0.29) is 63.7 Å². The fourth-order valence-corrected chi connectivity index (χ4v) is 4.56. The molecule has 0 spiro atoms. The number of likely N-dealkylation sites (tertiary alicyclic amines) is 1. The fourth-order valence-electron chi connectivity index (χ4n) is 3.93. The molecule has 2 bridgehead atoms. The lowest BCUT2D eigenvalue weighted by molar-refractivity contribution is -0.235. The molecule has 2 amide bonds. The molecule has 0 radical (unpaired) electrons. The average molecular weight is 481 g/mol. The molecular formula is C19H32N2O10S. The summed E-state index contributed by atoms with van der Waals surface area (Å²) in [6.07, 6.45) is -1.64. The number of aliphatic hydroxyl groups is 2. The van der Waals surface area contributed by atoms with Crippen LogP contribution >= 0.6 is 0 Å². The number of nitrogens with one attached hydrogen (secondary N) is 1. The molecule has 3 aliphatic rings.